The Morgan fingerprint density at radius 3 is 0.295 bits per heavy atom. The van der Waals surface area contributed by atoms with Crippen molar-refractivity contribution in [3.05, 3.63) is 0 Å². The van der Waals surface area contributed by atoms with Crippen LogP contribution in [0, 0.1) is 0 Å². The van der Waals surface area contributed by atoms with Gasteiger partial charge < -0.3 is 103 Å². The van der Waals surface area contributed by atoms with Crippen molar-refractivity contribution < 1.29 is 103 Å². The molecule has 105 heavy (non-hydrogen) atoms. The summed E-state index contributed by atoms with van der Waals surface area (Å²) in [5, 5.41) is 0. The zero-order valence-electron chi connectivity index (χ0n) is 73.7. The Morgan fingerprint density at radius 1 is 0.133 bits per heavy atom. The molecule has 51 heteroatoms. The van der Waals surface area contributed by atoms with Crippen LogP contribution in [0.4, 0.5) is 0 Å². The minimum Gasteiger partial charge on any atom is -0.455 e. The average molecular weight is 1930 g/mol. The van der Waals surface area contributed by atoms with Gasteiger partial charge in [-0.1, -0.05) is 0 Å². The van der Waals surface area contributed by atoms with Crippen LogP contribution in [0.5, 0.6) is 0 Å². The van der Waals surface area contributed by atoms with Gasteiger partial charge in [0.05, 0.1) is 0 Å². The van der Waals surface area contributed by atoms with E-state index < -0.39 is 222 Å². The first kappa shape index (κ1) is 98.5. The Balaban J connectivity index is 1.79. The normalized spacial score (nSPS) is 31.0. The summed E-state index contributed by atoms with van der Waals surface area (Å²) >= 11 is 0. The molecule has 0 radical (unpaired) electrons. The first-order valence-electron chi connectivity index (χ1n) is 38.4. The molecule has 0 aromatic rings. The molecule has 6 heterocycles. The predicted molar refractivity (Wildman–Crippen MR) is 481 cm³/mol. The maximum atomic E-state index is 9.55. The summed E-state index contributed by atoms with van der Waals surface area (Å²) in [6.07, 6.45) is 0. The summed E-state index contributed by atoms with van der Waals surface area (Å²) in [6.45, 7) is 90.9. The molecule has 0 saturated carbocycles. The van der Waals surface area contributed by atoms with Gasteiger partial charge in [0.2, 0.25) is 0 Å². The van der Waals surface area contributed by atoms with Gasteiger partial charge in [0.15, 0.2) is 16.6 Å². The van der Waals surface area contributed by atoms with Crippen molar-refractivity contribution in [2.45, 2.75) is 348 Å². The quantitative estimate of drug-likeness (QED) is 0.103. The van der Waals surface area contributed by atoms with Gasteiger partial charge in [-0.25, -0.2) is 0 Å². The molecule has 6 saturated heterocycles. The van der Waals surface area contributed by atoms with Crippen molar-refractivity contribution in [2.24, 2.45) is 0 Å². The largest absolute Gasteiger partial charge is 0.455 e. The molecule has 0 aromatic heterocycles. The summed E-state index contributed by atoms with van der Waals surface area (Å²) < 4.78 is 188. The third-order valence-electron chi connectivity index (χ3n) is 18.1. The van der Waals surface area contributed by atoms with Crippen LogP contribution in [-0.4, -0.2) is 222 Å². The molecule has 0 atom stereocenters. The van der Waals surface area contributed by atoms with Gasteiger partial charge in [-0.15, -0.1) is 0 Å². The molecule has 6 rings (SSSR count). The fourth-order valence-electron chi connectivity index (χ4n) is 18.7. The van der Waals surface area contributed by atoms with Crippen molar-refractivity contribution in [3.63, 3.8) is 0 Å². The van der Waals surface area contributed by atoms with Crippen LogP contribution in [0.25, 0.3) is 0 Å². The highest BCUT2D eigenvalue weighted by atomic mass is 28.6. The molecule has 0 spiro atoms. The molecule has 0 unspecified atom stereocenters. The average Bonchev–Trinajstić information content (AvgIpc) is 0.775. The first-order valence-corrected chi connectivity index (χ1v) is 109. The standard InChI is InChI=1S/C54H150O25Si26/c1-80(2)55-86(13,14)67-98(37,68-87(15,16)56-80)43-49-104(50-44-99(38)69-88(17,18)57-81(3,4)58-89(19,20)70-99,51-45-100(39)71-90(21,22)59-82(5,6)60-91(23,24)72-100)79-105(52-46-101(40)73-92(25,26)61-83(7,8)62-93(27,28)74-101,53-47-102(41)75-94(29,30)63-84(9,10)64-95(31,32)76-102)54-48-103(42)77-96(33,34)65-85(11,12)66-97(35,36)78-103/h43-54H2,1-42H3. The summed E-state index contributed by atoms with van der Waals surface area (Å²) in [5.41, 5.74) is 0. The van der Waals surface area contributed by atoms with Crippen LogP contribution < -0.4 is 0 Å². The molecule has 25 nitrogen and oxygen atoms in total. The molecular weight excluding hydrogens is 1780 g/mol. The highest BCUT2D eigenvalue weighted by molar-refractivity contribution is 7.01. The van der Waals surface area contributed by atoms with Gasteiger partial charge in [0.1, 0.15) is 0 Å². The maximum Gasteiger partial charge on any atom is 0.317 e. The van der Waals surface area contributed by atoms with E-state index in [1.165, 1.54) is 0 Å². The van der Waals surface area contributed by atoms with Gasteiger partial charge in [0.25, 0.3) is 0 Å². The lowest BCUT2D eigenvalue weighted by Gasteiger charge is -2.52. The van der Waals surface area contributed by atoms with Gasteiger partial charge in [-0.2, -0.15) is 0 Å². The minimum absolute atomic E-state index is 0.593. The molecule has 6 aliphatic rings. The highest BCUT2D eigenvalue weighted by Gasteiger charge is 2.64. The van der Waals surface area contributed by atoms with Crippen LogP contribution in [0.15, 0.2) is 0 Å². The second-order valence-corrected chi connectivity index (χ2v) is 135. The molecule has 6 fully saturated rings. The van der Waals surface area contributed by atoms with E-state index in [1.54, 1.807) is 0 Å². The Morgan fingerprint density at radius 2 is 0.210 bits per heavy atom. The van der Waals surface area contributed by atoms with Crippen molar-refractivity contribution in [3.8, 4) is 0 Å². The lowest BCUT2D eigenvalue weighted by Crippen LogP contribution is -2.67. The monoisotopic (exact) mass is 1930 g/mol. The van der Waals surface area contributed by atoms with Gasteiger partial charge in [0, 0.05) is 0 Å². The molecule has 0 bridgehead atoms. The van der Waals surface area contributed by atoms with E-state index in [4.69, 9.17) is 98.8 Å². The summed E-state index contributed by atoms with van der Waals surface area (Å²) in [4.78, 5) is 0. The Bertz CT molecular complexity index is 2370. The van der Waals surface area contributed by atoms with E-state index in [2.05, 4.69) is 275 Å². The smallest absolute Gasteiger partial charge is 0.317 e. The van der Waals surface area contributed by atoms with Crippen molar-refractivity contribution in [2.75, 3.05) is 0 Å². The van der Waals surface area contributed by atoms with E-state index >= 15 is 0 Å². The summed E-state index contributed by atoms with van der Waals surface area (Å²) in [5.74, 6) is 0. The first-order chi connectivity index (χ1) is 45.9. The molecule has 0 amide bonds. The minimum atomic E-state index is -3.61. The SMILES string of the molecule is C[Si]1(C)O[Si](C)(C)O[Si](C)(CC[Si](CC[Si]2(C)O[Si](C)(C)O[Si](C)(C)O[Si](C)(C)O2)(CC[Si]2(C)O[Si](C)(C)O[Si](C)(C)O[Si](C)(C)O2)O[Si](CC[Si]2(C)O[Si](C)(C)O[Si](C)(C)O[Si](C)(C)O2)(CC[Si]2(C)O[Si](C)(C)O[Si](C)(C)O[Si](C)(C)O2)CC[Si]2(C)O[Si](C)(C)O[Si](C)(C)O[Si](C)(C)O2)O[Si](C)(C)O1. The van der Waals surface area contributed by atoms with Gasteiger partial charge >= 0.3 is 205 Å². The zero-order valence-corrected chi connectivity index (χ0v) is 99.7. The lowest BCUT2D eigenvalue weighted by molar-refractivity contribution is 0.231. The predicted octanol–water partition coefficient (Wildman–Crippen LogP) is 18.4. The third kappa shape index (κ3) is 32.0. The van der Waals surface area contributed by atoms with E-state index in [0.29, 0.717) is 72.5 Å². The molecule has 0 aliphatic carbocycles. The van der Waals surface area contributed by atoms with Gasteiger partial charge in [-0.05, 0) is 348 Å². The second-order valence-electron chi connectivity index (χ2n) is 39.9. The van der Waals surface area contributed by atoms with E-state index in [9.17, 15) is 4.12 Å². The highest BCUT2D eigenvalue weighted by Crippen LogP contribution is 2.50. The Hall–Kier alpha value is 4.64. The van der Waals surface area contributed by atoms with Crippen LogP contribution in [0.3, 0.4) is 0 Å². The zero-order chi connectivity index (χ0) is 81.2. The number of hydrogen-bond donors (Lipinski definition) is 0. The van der Waals surface area contributed by atoms with E-state index in [0.717, 1.165) is 0 Å². The van der Waals surface area contributed by atoms with Crippen molar-refractivity contribution in [1.29, 1.82) is 0 Å². The fourth-order valence-corrected chi connectivity index (χ4v) is 173. The van der Waals surface area contributed by atoms with E-state index in [1.807, 2.05) is 0 Å². The fraction of sp³-hybridized carbons (Fsp3) is 1.00. The Labute approximate surface area is 666 Å². The van der Waals surface area contributed by atoms with Crippen LogP contribution in [-0.2, 0) is 103 Å². The van der Waals surface area contributed by atoms with Crippen LogP contribution >= 0.6 is 0 Å². The van der Waals surface area contributed by atoms with Crippen LogP contribution in [0.1, 0.15) is 0 Å². The van der Waals surface area contributed by atoms with Crippen molar-refractivity contribution in [1.82, 2.24) is 0 Å². The number of rotatable bonds is 20. The molecule has 620 valence electrons. The third-order valence-corrected chi connectivity index (χ3v) is 130. The lowest BCUT2D eigenvalue weighted by atomic mass is 10.9. The van der Waals surface area contributed by atoms with Crippen LogP contribution in [0.2, 0.25) is 348 Å². The second kappa shape index (κ2) is 32.2. The Kier molecular flexibility index (Phi) is 30.2. The van der Waals surface area contributed by atoms with Gasteiger partial charge in [-0.3, -0.25) is 0 Å². The summed E-state index contributed by atoms with van der Waals surface area (Å²) in [7, 11) is -78.6. The molecule has 6 aliphatic heterocycles. The molecule has 0 aromatic carbocycles. The molecule has 0 N–H and O–H groups in total. The van der Waals surface area contributed by atoms with E-state index in [-0.39, 0.29) is 0 Å². The topological polar surface area (TPSA) is 231 Å². The number of hydrogen-bond acceptors (Lipinski definition) is 25. The maximum absolute atomic E-state index is 9.55. The molecular formula is C54H150O25Si26. The van der Waals surface area contributed by atoms with Crippen molar-refractivity contribution >= 4 is 222 Å². The summed E-state index contributed by atoms with van der Waals surface area (Å²) in [6, 6.07) is 7.44.